The SMILES string of the molecule is Cc1c(NC(=S)Nc2ccc3cn[nH]c3c2)c(=O)n(-c2ccccc2)n1C. The van der Waals surface area contributed by atoms with Gasteiger partial charge in [0, 0.05) is 18.1 Å². The Bertz CT molecular complexity index is 1190. The van der Waals surface area contributed by atoms with Crippen LogP contribution in [0.3, 0.4) is 0 Å². The Kier molecular flexibility index (Phi) is 4.25. The van der Waals surface area contributed by atoms with E-state index in [4.69, 9.17) is 12.2 Å². The molecule has 0 saturated heterocycles. The van der Waals surface area contributed by atoms with Crippen molar-refractivity contribution in [3.63, 3.8) is 0 Å². The first-order chi connectivity index (χ1) is 13.0. The van der Waals surface area contributed by atoms with Gasteiger partial charge in [-0.1, -0.05) is 18.2 Å². The van der Waals surface area contributed by atoms with Gasteiger partial charge in [0.25, 0.3) is 5.56 Å². The maximum absolute atomic E-state index is 12.9. The number of rotatable bonds is 3. The number of hydrogen-bond acceptors (Lipinski definition) is 3. The number of benzene rings is 2. The Morgan fingerprint density at radius 1 is 1.15 bits per heavy atom. The Hall–Kier alpha value is -3.39. The molecule has 3 N–H and O–H groups in total. The molecule has 2 aromatic carbocycles. The molecule has 7 nitrogen and oxygen atoms in total. The van der Waals surface area contributed by atoms with Gasteiger partial charge in [0.2, 0.25) is 0 Å². The highest BCUT2D eigenvalue weighted by atomic mass is 32.1. The summed E-state index contributed by atoms with van der Waals surface area (Å²) >= 11 is 5.40. The number of nitrogens with zero attached hydrogens (tertiary/aromatic N) is 3. The number of anilines is 2. The average Bonchev–Trinajstić information content (AvgIpc) is 3.21. The molecule has 0 saturated carbocycles. The average molecular weight is 378 g/mol. The van der Waals surface area contributed by atoms with Crippen molar-refractivity contribution in [1.82, 2.24) is 19.6 Å². The summed E-state index contributed by atoms with van der Waals surface area (Å²) in [5.74, 6) is 0. The molecule has 0 atom stereocenters. The molecule has 8 heteroatoms. The first-order valence-electron chi connectivity index (χ1n) is 8.40. The van der Waals surface area contributed by atoms with Crippen LogP contribution in [0.4, 0.5) is 11.4 Å². The number of nitrogens with one attached hydrogen (secondary N) is 3. The van der Waals surface area contributed by atoms with Gasteiger partial charge in [-0.3, -0.25) is 14.6 Å². The Morgan fingerprint density at radius 3 is 2.70 bits per heavy atom. The van der Waals surface area contributed by atoms with Crippen molar-refractivity contribution in [3.8, 4) is 5.69 Å². The first kappa shape index (κ1) is 17.0. The van der Waals surface area contributed by atoms with Crippen LogP contribution in [0.2, 0.25) is 0 Å². The molecule has 2 aromatic heterocycles. The molecule has 0 aliphatic rings. The number of para-hydroxylation sites is 1. The molecule has 0 radical (unpaired) electrons. The van der Waals surface area contributed by atoms with Gasteiger partial charge in [-0.15, -0.1) is 0 Å². The molecule has 27 heavy (non-hydrogen) atoms. The van der Waals surface area contributed by atoms with Crippen molar-refractivity contribution < 1.29 is 0 Å². The zero-order valence-electron chi connectivity index (χ0n) is 14.9. The zero-order valence-corrected chi connectivity index (χ0v) is 15.7. The van der Waals surface area contributed by atoms with Gasteiger partial charge in [-0.2, -0.15) is 5.10 Å². The Balaban J connectivity index is 1.60. The van der Waals surface area contributed by atoms with E-state index in [-0.39, 0.29) is 5.56 Å². The molecule has 136 valence electrons. The van der Waals surface area contributed by atoms with E-state index < -0.39 is 0 Å². The standard InChI is InChI=1S/C19H18N6OS/c1-12-17(18(26)25(24(12)2)15-6-4-3-5-7-15)22-19(27)21-14-9-8-13-11-20-23-16(13)10-14/h3-11H,1-2H3,(H,20,23)(H2,21,22,27). The minimum atomic E-state index is -0.158. The van der Waals surface area contributed by atoms with Crippen molar-refractivity contribution in [2.24, 2.45) is 7.05 Å². The van der Waals surface area contributed by atoms with Crippen molar-refractivity contribution in [3.05, 3.63) is 70.8 Å². The maximum Gasteiger partial charge on any atom is 0.295 e. The molecule has 0 unspecified atom stereocenters. The van der Waals surface area contributed by atoms with Gasteiger partial charge < -0.3 is 10.6 Å². The van der Waals surface area contributed by atoms with Gasteiger partial charge in [0.15, 0.2) is 5.11 Å². The lowest BCUT2D eigenvalue weighted by atomic mass is 10.2. The fourth-order valence-corrected chi connectivity index (χ4v) is 3.22. The van der Waals surface area contributed by atoms with Crippen molar-refractivity contribution in [1.29, 1.82) is 0 Å². The maximum atomic E-state index is 12.9. The van der Waals surface area contributed by atoms with Crippen LogP contribution in [0, 0.1) is 6.92 Å². The number of aromatic amines is 1. The summed E-state index contributed by atoms with van der Waals surface area (Å²) in [6.45, 7) is 1.88. The highest BCUT2D eigenvalue weighted by Gasteiger charge is 2.17. The normalized spacial score (nSPS) is 10.9. The quantitative estimate of drug-likeness (QED) is 0.477. The Morgan fingerprint density at radius 2 is 1.93 bits per heavy atom. The van der Waals surface area contributed by atoms with Crippen molar-refractivity contribution in [2.45, 2.75) is 6.92 Å². The molecule has 0 spiro atoms. The second-order valence-corrected chi connectivity index (χ2v) is 6.60. The molecular weight excluding hydrogens is 360 g/mol. The summed E-state index contributed by atoms with van der Waals surface area (Å²) in [5.41, 5.74) is 3.59. The largest absolute Gasteiger partial charge is 0.332 e. The second kappa shape index (κ2) is 6.73. The zero-order chi connectivity index (χ0) is 19.0. The third-order valence-electron chi connectivity index (χ3n) is 4.49. The summed E-state index contributed by atoms with van der Waals surface area (Å²) in [5, 5.41) is 14.4. The molecule has 0 bridgehead atoms. The third kappa shape index (κ3) is 3.11. The Labute approximate surface area is 160 Å². The summed E-state index contributed by atoms with van der Waals surface area (Å²) in [4.78, 5) is 12.9. The first-order valence-corrected chi connectivity index (χ1v) is 8.80. The summed E-state index contributed by atoms with van der Waals surface area (Å²) < 4.78 is 3.41. The predicted molar refractivity (Wildman–Crippen MR) is 112 cm³/mol. The van der Waals surface area contributed by atoms with Crippen LogP contribution in [0.5, 0.6) is 0 Å². The van der Waals surface area contributed by atoms with Crippen molar-refractivity contribution in [2.75, 3.05) is 10.6 Å². The highest BCUT2D eigenvalue weighted by Crippen LogP contribution is 2.18. The molecule has 0 aliphatic heterocycles. The van der Waals surface area contributed by atoms with Crippen LogP contribution < -0.4 is 16.2 Å². The van der Waals surface area contributed by atoms with E-state index in [0.717, 1.165) is 28.0 Å². The van der Waals surface area contributed by atoms with E-state index in [1.807, 2.05) is 62.5 Å². The van der Waals surface area contributed by atoms with Crippen LogP contribution in [-0.4, -0.2) is 24.7 Å². The van der Waals surface area contributed by atoms with E-state index in [9.17, 15) is 4.79 Å². The van der Waals surface area contributed by atoms with Crippen LogP contribution in [0.15, 0.2) is 59.5 Å². The van der Waals surface area contributed by atoms with Crippen LogP contribution in [0.1, 0.15) is 5.69 Å². The molecule has 4 rings (SSSR count). The minimum Gasteiger partial charge on any atom is -0.332 e. The van der Waals surface area contributed by atoms with Crippen LogP contribution >= 0.6 is 12.2 Å². The fourth-order valence-electron chi connectivity index (χ4n) is 3.00. The van der Waals surface area contributed by atoms with Gasteiger partial charge >= 0.3 is 0 Å². The van der Waals surface area contributed by atoms with E-state index in [2.05, 4.69) is 20.8 Å². The predicted octanol–water partition coefficient (Wildman–Crippen LogP) is 3.17. The summed E-state index contributed by atoms with van der Waals surface area (Å²) in [6, 6.07) is 15.3. The molecule has 4 aromatic rings. The lowest BCUT2D eigenvalue weighted by Crippen LogP contribution is -2.25. The smallest absolute Gasteiger partial charge is 0.295 e. The molecular formula is C19H18N6OS. The summed E-state index contributed by atoms with van der Waals surface area (Å²) in [7, 11) is 1.84. The topological polar surface area (TPSA) is 79.7 Å². The molecule has 0 aliphatic carbocycles. The van der Waals surface area contributed by atoms with E-state index >= 15 is 0 Å². The number of thiocarbonyl (C=S) groups is 1. The van der Waals surface area contributed by atoms with Gasteiger partial charge in [-0.05, 0) is 49.5 Å². The molecule has 0 amide bonds. The molecule has 0 fully saturated rings. The lowest BCUT2D eigenvalue weighted by molar-refractivity contribution is 0.630. The highest BCUT2D eigenvalue weighted by molar-refractivity contribution is 7.80. The number of hydrogen-bond donors (Lipinski definition) is 3. The number of aromatic nitrogens is 4. The van der Waals surface area contributed by atoms with E-state index in [0.29, 0.717) is 10.8 Å². The van der Waals surface area contributed by atoms with Gasteiger partial charge in [0.05, 0.1) is 23.1 Å². The van der Waals surface area contributed by atoms with Gasteiger partial charge in [-0.25, -0.2) is 4.68 Å². The van der Waals surface area contributed by atoms with Gasteiger partial charge in [0.1, 0.15) is 5.69 Å². The molecule has 2 heterocycles. The monoisotopic (exact) mass is 378 g/mol. The number of H-pyrrole nitrogens is 1. The lowest BCUT2D eigenvalue weighted by Gasteiger charge is -2.09. The number of fused-ring (bicyclic) bond motifs is 1. The van der Waals surface area contributed by atoms with Crippen molar-refractivity contribution >= 4 is 39.6 Å². The summed E-state index contributed by atoms with van der Waals surface area (Å²) in [6.07, 6.45) is 1.76. The minimum absolute atomic E-state index is 0.158. The van der Waals surface area contributed by atoms with E-state index in [1.54, 1.807) is 15.6 Å². The van der Waals surface area contributed by atoms with E-state index in [1.165, 1.54) is 0 Å². The van der Waals surface area contributed by atoms with Crippen LogP contribution in [0.25, 0.3) is 16.6 Å². The fraction of sp³-hybridized carbons (Fsp3) is 0.105. The third-order valence-corrected chi connectivity index (χ3v) is 4.70. The second-order valence-electron chi connectivity index (χ2n) is 6.19. The van der Waals surface area contributed by atoms with Crippen LogP contribution in [-0.2, 0) is 7.05 Å².